The van der Waals surface area contributed by atoms with Gasteiger partial charge in [0, 0.05) is 12.7 Å². The number of aryl methyl sites for hydroxylation is 2. The average molecular weight is 260 g/mol. The number of ether oxygens (including phenoxy) is 1. The van der Waals surface area contributed by atoms with Crippen LogP contribution in [0, 0.1) is 6.92 Å². The van der Waals surface area contributed by atoms with Crippen molar-refractivity contribution in [1.29, 1.82) is 0 Å². The van der Waals surface area contributed by atoms with Crippen LogP contribution in [0.15, 0.2) is 24.4 Å². The number of nitrogens with one attached hydrogen (secondary N) is 1. The summed E-state index contributed by atoms with van der Waals surface area (Å²) in [7, 11) is 3.27. The standard InChI is InChI=1S/C13H16N4O2/c1-8-6-9(19-3)4-5-11(8)16-13(18)12-10(14)7-15-17(12)2/h4-7H,14H2,1-3H3,(H,16,18). The first-order chi connectivity index (χ1) is 9.02. The maximum absolute atomic E-state index is 12.1. The maximum Gasteiger partial charge on any atom is 0.276 e. The lowest BCUT2D eigenvalue weighted by molar-refractivity contribution is 0.101. The zero-order valence-electron chi connectivity index (χ0n) is 11.1. The fraction of sp³-hybridized carbons (Fsp3) is 0.231. The number of carbonyl (C=O) groups excluding carboxylic acids is 1. The molecule has 0 atom stereocenters. The highest BCUT2D eigenvalue weighted by atomic mass is 16.5. The molecule has 0 spiro atoms. The smallest absolute Gasteiger partial charge is 0.276 e. The number of nitrogens with zero attached hydrogens (tertiary/aromatic N) is 2. The number of nitrogen functional groups attached to an aromatic ring is 1. The van der Waals surface area contributed by atoms with Gasteiger partial charge < -0.3 is 15.8 Å². The number of nitrogens with two attached hydrogens (primary N) is 1. The highest BCUT2D eigenvalue weighted by Gasteiger charge is 2.15. The molecule has 19 heavy (non-hydrogen) atoms. The van der Waals surface area contributed by atoms with Crippen molar-refractivity contribution in [2.24, 2.45) is 7.05 Å². The second kappa shape index (κ2) is 5.01. The molecule has 2 rings (SSSR count). The van der Waals surface area contributed by atoms with Gasteiger partial charge in [0.2, 0.25) is 0 Å². The molecule has 1 amide bonds. The zero-order valence-corrected chi connectivity index (χ0v) is 11.1. The molecular formula is C13H16N4O2. The summed E-state index contributed by atoms with van der Waals surface area (Å²) in [6.07, 6.45) is 1.45. The molecule has 1 heterocycles. The van der Waals surface area contributed by atoms with Gasteiger partial charge >= 0.3 is 0 Å². The number of carbonyl (C=O) groups is 1. The van der Waals surface area contributed by atoms with Crippen molar-refractivity contribution in [3.63, 3.8) is 0 Å². The van der Waals surface area contributed by atoms with E-state index in [0.29, 0.717) is 17.1 Å². The Labute approximate surface area is 111 Å². The molecular weight excluding hydrogens is 244 g/mol. The Bertz CT molecular complexity index is 600. The predicted molar refractivity (Wildman–Crippen MR) is 73.3 cm³/mol. The van der Waals surface area contributed by atoms with E-state index in [-0.39, 0.29) is 5.91 Å². The summed E-state index contributed by atoms with van der Waals surface area (Å²) in [5, 5.41) is 6.75. The molecule has 0 saturated heterocycles. The Balaban J connectivity index is 2.24. The van der Waals surface area contributed by atoms with Crippen LogP contribution in [-0.2, 0) is 7.05 Å². The normalized spacial score (nSPS) is 10.3. The molecule has 0 saturated carbocycles. The summed E-state index contributed by atoms with van der Waals surface area (Å²) in [5.74, 6) is 0.460. The third kappa shape index (κ3) is 2.52. The minimum atomic E-state index is -0.286. The van der Waals surface area contributed by atoms with Crippen molar-refractivity contribution in [1.82, 2.24) is 9.78 Å². The van der Waals surface area contributed by atoms with Gasteiger partial charge in [-0.1, -0.05) is 0 Å². The molecule has 0 radical (unpaired) electrons. The van der Waals surface area contributed by atoms with E-state index in [2.05, 4.69) is 10.4 Å². The predicted octanol–water partition coefficient (Wildman–Crippen LogP) is 1.57. The Morgan fingerprint density at radius 2 is 2.21 bits per heavy atom. The molecule has 0 unspecified atom stereocenters. The molecule has 0 aliphatic heterocycles. The lowest BCUT2D eigenvalue weighted by atomic mass is 10.2. The number of hydrogen-bond acceptors (Lipinski definition) is 4. The number of amides is 1. The molecule has 1 aromatic carbocycles. The molecule has 6 heteroatoms. The van der Waals surface area contributed by atoms with E-state index in [9.17, 15) is 4.79 Å². The highest BCUT2D eigenvalue weighted by Crippen LogP contribution is 2.22. The van der Waals surface area contributed by atoms with Gasteiger partial charge in [-0.15, -0.1) is 0 Å². The van der Waals surface area contributed by atoms with Gasteiger partial charge in [-0.3, -0.25) is 9.48 Å². The summed E-state index contributed by atoms with van der Waals surface area (Å²) in [4.78, 5) is 12.1. The maximum atomic E-state index is 12.1. The van der Waals surface area contributed by atoms with Crippen LogP contribution in [0.5, 0.6) is 5.75 Å². The number of hydrogen-bond donors (Lipinski definition) is 2. The molecule has 1 aromatic heterocycles. The molecule has 100 valence electrons. The fourth-order valence-electron chi connectivity index (χ4n) is 1.82. The molecule has 6 nitrogen and oxygen atoms in total. The van der Waals surface area contributed by atoms with Crippen LogP contribution in [0.3, 0.4) is 0 Å². The lowest BCUT2D eigenvalue weighted by Gasteiger charge is -2.10. The fourth-order valence-corrected chi connectivity index (χ4v) is 1.82. The van der Waals surface area contributed by atoms with Gasteiger partial charge in [0.15, 0.2) is 0 Å². The second-order valence-electron chi connectivity index (χ2n) is 4.21. The van der Waals surface area contributed by atoms with Gasteiger partial charge in [0.25, 0.3) is 5.91 Å². The number of anilines is 2. The van der Waals surface area contributed by atoms with Crippen molar-refractivity contribution >= 4 is 17.3 Å². The Kier molecular flexibility index (Phi) is 3.41. The minimum absolute atomic E-state index is 0.286. The van der Waals surface area contributed by atoms with Crippen LogP contribution < -0.4 is 15.8 Å². The van der Waals surface area contributed by atoms with Crippen LogP contribution in [0.2, 0.25) is 0 Å². The largest absolute Gasteiger partial charge is 0.497 e. The van der Waals surface area contributed by atoms with Gasteiger partial charge in [0.1, 0.15) is 11.4 Å². The highest BCUT2D eigenvalue weighted by molar-refractivity contribution is 6.06. The van der Waals surface area contributed by atoms with Gasteiger partial charge in [-0.05, 0) is 30.7 Å². The Morgan fingerprint density at radius 3 is 2.74 bits per heavy atom. The van der Waals surface area contributed by atoms with Gasteiger partial charge in [0.05, 0.1) is 19.0 Å². The van der Waals surface area contributed by atoms with E-state index in [0.717, 1.165) is 11.3 Å². The molecule has 0 bridgehead atoms. The first-order valence-corrected chi connectivity index (χ1v) is 5.76. The summed E-state index contributed by atoms with van der Waals surface area (Å²) >= 11 is 0. The van der Waals surface area contributed by atoms with Crippen LogP contribution in [0.1, 0.15) is 16.1 Å². The quantitative estimate of drug-likeness (QED) is 0.877. The number of methoxy groups -OCH3 is 1. The van der Waals surface area contributed by atoms with Crippen molar-refractivity contribution in [2.75, 3.05) is 18.2 Å². The summed E-state index contributed by atoms with van der Waals surface area (Å²) < 4.78 is 6.57. The topological polar surface area (TPSA) is 82.2 Å². The van der Waals surface area contributed by atoms with Crippen LogP contribution in [-0.4, -0.2) is 22.8 Å². The number of aromatic nitrogens is 2. The first-order valence-electron chi connectivity index (χ1n) is 5.76. The number of benzene rings is 1. The van der Waals surface area contributed by atoms with Crippen molar-refractivity contribution < 1.29 is 9.53 Å². The Morgan fingerprint density at radius 1 is 1.47 bits per heavy atom. The summed E-state index contributed by atoms with van der Waals surface area (Å²) in [6, 6.07) is 5.43. The second-order valence-corrected chi connectivity index (χ2v) is 4.21. The van der Waals surface area contributed by atoms with Crippen molar-refractivity contribution in [2.45, 2.75) is 6.92 Å². The number of rotatable bonds is 3. The SMILES string of the molecule is COc1ccc(NC(=O)c2c(N)cnn2C)c(C)c1. The summed E-state index contributed by atoms with van der Waals surface area (Å²) in [5.41, 5.74) is 8.04. The van der Waals surface area contributed by atoms with Crippen molar-refractivity contribution in [3.8, 4) is 5.75 Å². The van der Waals surface area contributed by atoms with E-state index >= 15 is 0 Å². The van der Waals surface area contributed by atoms with E-state index in [1.54, 1.807) is 26.3 Å². The Hall–Kier alpha value is -2.50. The monoisotopic (exact) mass is 260 g/mol. The zero-order chi connectivity index (χ0) is 14.0. The van der Waals surface area contributed by atoms with E-state index in [1.165, 1.54) is 10.9 Å². The third-order valence-corrected chi connectivity index (χ3v) is 2.86. The lowest BCUT2D eigenvalue weighted by Crippen LogP contribution is -2.18. The van der Waals surface area contributed by atoms with Crippen LogP contribution >= 0.6 is 0 Å². The molecule has 0 aliphatic carbocycles. The van der Waals surface area contributed by atoms with Crippen molar-refractivity contribution in [3.05, 3.63) is 35.7 Å². The van der Waals surface area contributed by atoms with Gasteiger partial charge in [-0.25, -0.2) is 0 Å². The molecule has 3 N–H and O–H groups in total. The average Bonchev–Trinajstić information content (AvgIpc) is 2.71. The molecule has 0 aliphatic rings. The summed E-state index contributed by atoms with van der Waals surface area (Å²) in [6.45, 7) is 1.89. The van der Waals surface area contributed by atoms with Gasteiger partial charge in [-0.2, -0.15) is 5.10 Å². The van der Waals surface area contributed by atoms with Crippen LogP contribution in [0.4, 0.5) is 11.4 Å². The van der Waals surface area contributed by atoms with E-state index in [1.807, 2.05) is 13.0 Å². The van der Waals surface area contributed by atoms with E-state index in [4.69, 9.17) is 10.5 Å². The van der Waals surface area contributed by atoms with Crippen LogP contribution in [0.25, 0.3) is 0 Å². The molecule has 2 aromatic rings. The van der Waals surface area contributed by atoms with E-state index < -0.39 is 0 Å². The third-order valence-electron chi connectivity index (χ3n) is 2.86. The minimum Gasteiger partial charge on any atom is -0.497 e. The molecule has 0 fully saturated rings. The first kappa shape index (κ1) is 12.9.